The van der Waals surface area contributed by atoms with E-state index in [-0.39, 0.29) is 28.4 Å². The summed E-state index contributed by atoms with van der Waals surface area (Å²) in [5.41, 5.74) is 0.326. The highest BCUT2D eigenvalue weighted by Gasteiger charge is 2.19. The van der Waals surface area contributed by atoms with Crippen LogP contribution in [-0.2, 0) is 19.7 Å². The first kappa shape index (κ1) is 16.6. The van der Waals surface area contributed by atoms with Crippen LogP contribution in [0.1, 0.15) is 22.3 Å². The fourth-order valence-corrected chi connectivity index (χ4v) is 4.15. The normalized spacial score (nSPS) is 12.3. The molecule has 0 saturated heterocycles. The van der Waals surface area contributed by atoms with Crippen molar-refractivity contribution >= 4 is 25.6 Å². The van der Waals surface area contributed by atoms with Gasteiger partial charge in [-0.3, -0.25) is 0 Å². The summed E-state index contributed by atoms with van der Waals surface area (Å²) in [5, 5.41) is 8.87. The molecule has 1 aromatic carbocycles. The van der Waals surface area contributed by atoms with Gasteiger partial charge in [-0.2, -0.15) is 0 Å². The van der Waals surface area contributed by atoms with Gasteiger partial charge in [0.15, 0.2) is 9.84 Å². The average molecular weight is 320 g/mol. The zero-order valence-electron chi connectivity index (χ0n) is 11.2. The number of hydrogen-bond donors (Lipinski definition) is 1. The van der Waals surface area contributed by atoms with Crippen LogP contribution in [0.4, 0.5) is 0 Å². The number of carboxylic acid groups (broad SMARTS) is 1. The van der Waals surface area contributed by atoms with E-state index in [1.54, 1.807) is 6.92 Å². The molecule has 0 aromatic heterocycles. The van der Waals surface area contributed by atoms with E-state index in [9.17, 15) is 21.6 Å². The number of carboxylic acids is 1. The van der Waals surface area contributed by atoms with Crippen LogP contribution < -0.4 is 0 Å². The van der Waals surface area contributed by atoms with E-state index in [4.69, 9.17) is 5.11 Å². The lowest BCUT2D eigenvalue weighted by atomic mass is 10.1. The highest BCUT2D eigenvalue weighted by Crippen LogP contribution is 2.19. The second-order valence-electron chi connectivity index (χ2n) is 4.59. The molecule has 0 spiro atoms. The summed E-state index contributed by atoms with van der Waals surface area (Å²) in [6, 6.07) is 3.85. The number of sulfone groups is 2. The molecule has 20 heavy (non-hydrogen) atoms. The highest BCUT2D eigenvalue weighted by atomic mass is 32.2. The number of benzene rings is 1. The number of hydrogen-bond acceptors (Lipinski definition) is 5. The number of carbonyl (C=O) groups is 1. The topological polar surface area (TPSA) is 106 Å². The molecule has 0 aliphatic rings. The fraction of sp³-hybridized carbons (Fsp3) is 0.417. The summed E-state index contributed by atoms with van der Waals surface area (Å²) in [7, 11) is -6.92. The van der Waals surface area contributed by atoms with E-state index in [1.807, 2.05) is 0 Å². The summed E-state index contributed by atoms with van der Waals surface area (Å²) < 4.78 is 46.2. The van der Waals surface area contributed by atoms with Crippen molar-refractivity contribution in [2.24, 2.45) is 0 Å². The van der Waals surface area contributed by atoms with Crippen molar-refractivity contribution in [2.45, 2.75) is 18.2 Å². The van der Waals surface area contributed by atoms with Gasteiger partial charge < -0.3 is 5.11 Å². The molecule has 1 rings (SSSR count). The van der Waals surface area contributed by atoms with Crippen molar-refractivity contribution in [3.05, 3.63) is 29.3 Å². The van der Waals surface area contributed by atoms with Crippen LogP contribution in [0, 0.1) is 6.92 Å². The van der Waals surface area contributed by atoms with Gasteiger partial charge in [-0.05, 0) is 31.0 Å². The Labute approximate surface area is 118 Å². The van der Waals surface area contributed by atoms with E-state index in [1.165, 1.54) is 12.1 Å². The largest absolute Gasteiger partial charge is 0.478 e. The molecule has 1 N–H and O–H groups in total. The quantitative estimate of drug-likeness (QED) is 0.835. The SMILES string of the molecule is Cc1ccc(C(=O)O)cc1S(=O)(=O)CCCS(C)(=O)=O. The van der Waals surface area contributed by atoms with Gasteiger partial charge in [0.25, 0.3) is 0 Å². The van der Waals surface area contributed by atoms with Crippen molar-refractivity contribution in [3.8, 4) is 0 Å². The van der Waals surface area contributed by atoms with E-state index in [2.05, 4.69) is 0 Å². The fourth-order valence-electron chi connectivity index (χ4n) is 1.69. The van der Waals surface area contributed by atoms with Crippen LogP contribution in [0.15, 0.2) is 23.1 Å². The average Bonchev–Trinajstić information content (AvgIpc) is 2.26. The van der Waals surface area contributed by atoms with Gasteiger partial charge in [0.05, 0.1) is 22.0 Å². The molecule has 0 aliphatic carbocycles. The third kappa shape index (κ3) is 4.61. The van der Waals surface area contributed by atoms with Crippen molar-refractivity contribution < 1.29 is 26.7 Å². The monoisotopic (exact) mass is 320 g/mol. The lowest BCUT2D eigenvalue weighted by molar-refractivity contribution is 0.0696. The van der Waals surface area contributed by atoms with Crippen molar-refractivity contribution in [2.75, 3.05) is 17.8 Å². The molecule has 0 amide bonds. The lowest BCUT2D eigenvalue weighted by Gasteiger charge is -2.08. The van der Waals surface area contributed by atoms with Crippen LogP contribution in [0.25, 0.3) is 0 Å². The maximum absolute atomic E-state index is 12.1. The van der Waals surface area contributed by atoms with Crippen LogP contribution >= 0.6 is 0 Å². The molecule has 0 aliphatic heterocycles. The molecule has 0 unspecified atom stereocenters. The minimum atomic E-state index is -3.70. The Balaban J connectivity index is 3.03. The van der Waals surface area contributed by atoms with Crippen molar-refractivity contribution in [3.63, 3.8) is 0 Å². The van der Waals surface area contributed by atoms with Gasteiger partial charge in [0.2, 0.25) is 0 Å². The standard InChI is InChI=1S/C12H16O6S2/c1-9-4-5-10(12(13)14)8-11(9)20(17,18)7-3-6-19(2,15)16/h4-5,8H,3,6-7H2,1-2H3,(H,13,14). The highest BCUT2D eigenvalue weighted by molar-refractivity contribution is 7.92. The first-order chi connectivity index (χ1) is 9.03. The second-order valence-corrected chi connectivity index (χ2v) is 8.93. The summed E-state index contributed by atoms with van der Waals surface area (Å²) in [4.78, 5) is 10.8. The van der Waals surface area contributed by atoms with E-state index in [0.29, 0.717) is 5.56 Å². The Morgan fingerprint density at radius 1 is 1.15 bits per heavy atom. The van der Waals surface area contributed by atoms with Crippen LogP contribution in [0.3, 0.4) is 0 Å². The van der Waals surface area contributed by atoms with Gasteiger partial charge >= 0.3 is 5.97 Å². The zero-order valence-corrected chi connectivity index (χ0v) is 12.8. The molecule has 1 aromatic rings. The first-order valence-corrected chi connectivity index (χ1v) is 9.48. The molecule has 0 saturated carbocycles. The van der Waals surface area contributed by atoms with Crippen LogP contribution in [0.2, 0.25) is 0 Å². The van der Waals surface area contributed by atoms with Crippen LogP contribution in [0.5, 0.6) is 0 Å². The molecule has 6 nitrogen and oxygen atoms in total. The summed E-state index contributed by atoms with van der Waals surface area (Å²) >= 11 is 0. The third-order valence-corrected chi connectivity index (χ3v) is 5.66. The smallest absolute Gasteiger partial charge is 0.335 e. The second kappa shape index (κ2) is 5.92. The maximum atomic E-state index is 12.1. The molecule has 0 atom stereocenters. The molecule has 112 valence electrons. The Hall–Kier alpha value is -1.41. The predicted octanol–water partition coefficient (Wildman–Crippen LogP) is 0.902. The Morgan fingerprint density at radius 2 is 1.75 bits per heavy atom. The van der Waals surface area contributed by atoms with E-state index in [0.717, 1.165) is 12.3 Å². The van der Waals surface area contributed by atoms with Crippen LogP contribution in [-0.4, -0.2) is 45.7 Å². The zero-order chi connectivity index (χ0) is 15.6. The number of aromatic carboxylic acids is 1. The summed E-state index contributed by atoms with van der Waals surface area (Å²) in [6.45, 7) is 1.56. The van der Waals surface area contributed by atoms with Crippen molar-refractivity contribution in [1.29, 1.82) is 0 Å². The third-order valence-electron chi connectivity index (χ3n) is 2.70. The number of rotatable bonds is 6. The number of aryl methyl sites for hydroxylation is 1. The van der Waals surface area contributed by atoms with Gasteiger partial charge in [-0.15, -0.1) is 0 Å². The molecule has 0 radical (unpaired) electrons. The van der Waals surface area contributed by atoms with Gasteiger partial charge in [0, 0.05) is 6.26 Å². The van der Waals surface area contributed by atoms with Crippen molar-refractivity contribution in [1.82, 2.24) is 0 Å². The molecule has 0 bridgehead atoms. The minimum Gasteiger partial charge on any atom is -0.478 e. The van der Waals surface area contributed by atoms with Gasteiger partial charge in [0.1, 0.15) is 9.84 Å². The van der Waals surface area contributed by atoms with E-state index < -0.39 is 25.6 Å². The summed E-state index contributed by atoms with van der Waals surface area (Å²) in [5.74, 6) is -1.76. The van der Waals surface area contributed by atoms with Gasteiger partial charge in [-0.1, -0.05) is 6.07 Å². The van der Waals surface area contributed by atoms with E-state index >= 15 is 0 Å². The molecule has 8 heteroatoms. The van der Waals surface area contributed by atoms with Gasteiger partial charge in [-0.25, -0.2) is 21.6 Å². The Bertz CT molecular complexity index is 716. The first-order valence-electron chi connectivity index (χ1n) is 5.77. The molecule has 0 heterocycles. The molecular formula is C12H16O6S2. The minimum absolute atomic E-state index is 0.0160. The molecule has 0 fully saturated rings. The Morgan fingerprint density at radius 3 is 2.25 bits per heavy atom. The Kier molecular flexibility index (Phi) is 4.93. The lowest BCUT2D eigenvalue weighted by Crippen LogP contribution is -2.13. The summed E-state index contributed by atoms with van der Waals surface area (Å²) in [6.07, 6.45) is 1.02. The predicted molar refractivity (Wildman–Crippen MR) is 74.5 cm³/mol. The molecular weight excluding hydrogens is 304 g/mol. The maximum Gasteiger partial charge on any atom is 0.335 e.